The van der Waals surface area contributed by atoms with E-state index in [4.69, 9.17) is 18.9 Å². The van der Waals surface area contributed by atoms with Gasteiger partial charge in [-0.2, -0.15) is 0 Å². The van der Waals surface area contributed by atoms with Crippen LogP contribution in [0.1, 0.15) is 53.9 Å². The molecule has 50 heavy (non-hydrogen) atoms. The SMILES string of the molecule is COc1ccccc1COCCCOc1ccc(C2CCN(C(=O)O)CC2OCc2ccc3c(C)cn(CCNC(=O)C4CC4)c3c2Br)cc1. The quantitative estimate of drug-likeness (QED) is 0.116. The molecule has 1 saturated carbocycles. The zero-order valence-electron chi connectivity index (χ0n) is 28.7. The number of ether oxygens (including phenoxy) is 4. The number of fused-ring (bicyclic) bond motifs is 1. The van der Waals surface area contributed by atoms with E-state index in [9.17, 15) is 14.7 Å². The Morgan fingerprint density at radius 3 is 2.54 bits per heavy atom. The number of carboxylic acid groups (broad SMARTS) is 1. The number of amides is 2. The molecule has 2 aliphatic rings. The molecule has 0 bridgehead atoms. The minimum atomic E-state index is -0.933. The maximum Gasteiger partial charge on any atom is 0.407 e. The van der Waals surface area contributed by atoms with E-state index in [1.54, 1.807) is 7.11 Å². The molecule has 4 aromatic rings. The Balaban J connectivity index is 1.05. The van der Waals surface area contributed by atoms with Crippen LogP contribution in [0.5, 0.6) is 11.5 Å². The number of rotatable bonds is 16. The topological polar surface area (TPSA) is 111 Å². The molecule has 2 atom stereocenters. The average Bonchev–Trinajstić information content (AvgIpc) is 3.93. The fourth-order valence-corrected chi connectivity index (χ4v) is 7.34. The molecule has 1 aromatic heterocycles. The van der Waals surface area contributed by atoms with Crippen LogP contribution in [0.4, 0.5) is 4.79 Å². The van der Waals surface area contributed by atoms with Crippen molar-refractivity contribution in [2.24, 2.45) is 5.92 Å². The van der Waals surface area contributed by atoms with Crippen LogP contribution in [0, 0.1) is 12.8 Å². The van der Waals surface area contributed by atoms with Crippen LogP contribution in [0.25, 0.3) is 10.9 Å². The van der Waals surface area contributed by atoms with Gasteiger partial charge in [-0.1, -0.05) is 42.5 Å². The number of benzene rings is 3. The number of carbonyl (C=O) groups is 2. The van der Waals surface area contributed by atoms with Gasteiger partial charge in [0.2, 0.25) is 5.91 Å². The van der Waals surface area contributed by atoms with Gasteiger partial charge in [0.05, 0.1) is 51.7 Å². The van der Waals surface area contributed by atoms with Crippen molar-refractivity contribution in [2.75, 3.05) is 40.0 Å². The average molecular weight is 749 g/mol. The van der Waals surface area contributed by atoms with E-state index in [1.807, 2.05) is 36.4 Å². The second-order valence-electron chi connectivity index (χ2n) is 13.1. The van der Waals surface area contributed by atoms with Crippen molar-refractivity contribution >= 4 is 38.8 Å². The summed E-state index contributed by atoms with van der Waals surface area (Å²) in [6.07, 6.45) is 4.26. The number of piperidine rings is 1. The van der Waals surface area contributed by atoms with Gasteiger partial charge < -0.3 is 38.8 Å². The minimum Gasteiger partial charge on any atom is -0.496 e. The molecule has 3 aromatic carbocycles. The molecule has 2 fully saturated rings. The molecule has 10 nitrogen and oxygen atoms in total. The van der Waals surface area contributed by atoms with Gasteiger partial charge in [-0.15, -0.1) is 0 Å². The molecule has 0 spiro atoms. The Bertz CT molecular complexity index is 1770. The summed E-state index contributed by atoms with van der Waals surface area (Å²) in [6.45, 7) is 6.00. The van der Waals surface area contributed by atoms with Crippen molar-refractivity contribution in [1.29, 1.82) is 0 Å². The van der Waals surface area contributed by atoms with E-state index >= 15 is 0 Å². The van der Waals surface area contributed by atoms with E-state index < -0.39 is 6.09 Å². The number of nitrogens with one attached hydrogen (secondary N) is 1. The third-order valence-electron chi connectivity index (χ3n) is 9.60. The van der Waals surface area contributed by atoms with Crippen molar-refractivity contribution in [3.8, 4) is 11.5 Å². The largest absolute Gasteiger partial charge is 0.496 e. The molecule has 0 radical (unpaired) electrons. The Morgan fingerprint density at radius 2 is 1.78 bits per heavy atom. The van der Waals surface area contributed by atoms with Crippen molar-refractivity contribution in [2.45, 2.75) is 64.4 Å². The lowest BCUT2D eigenvalue weighted by molar-refractivity contribution is -0.122. The number of hydrogen-bond acceptors (Lipinski definition) is 6. The highest BCUT2D eigenvalue weighted by molar-refractivity contribution is 9.10. The van der Waals surface area contributed by atoms with Gasteiger partial charge >= 0.3 is 6.09 Å². The summed E-state index contributed by atoms with van der Waals surface area (Å²) in [5.74, 6) is 1.97. The van der Waals surface area contributed by atoms with Gasteiger partial charge in [0, 0.05) is 59.5 Å². The summed E-state index contributed by atoms with van der Waals surface area (Å²) in [4.78, 5) is 25.5. The number of carbonyl (C=O) groups excluding carboxylic acids is 1. The smallest absolute Gasteiger partial charge is 0.407 e. The second-order valence-corrected chi connectivity index (χ2v) is 13.9. The van der Waals surface area contributed by atoms with Crippen molar-refractivity contribution in [1.82, 2.24) is 14.8 Å². The van der Waals surface area contributed by atoms with E-state index in [1.165, 1.54) is 4.90 Å². The van der Waals surface area contributed by atoms with E-state index in [2.05, 4.69) is 63.2 Å². The van der Waals surface area contributed by atoms with E-state index in [0.717, 1.165) is 68.4 Å². The molecule has 266 valence electrons. The lowest BCUT2D eigenvalue weighted by Gasteiger charge is -2.37. The molecule has 1 aliphatic heterocycles. The number of para-hydroxylation sites is 1. The Hall–Kier alpha value is -4.06. The van der Waals surface area contributed by atoms with Crippen molar-refractivity contribution < 1.29 is 33.6 Å². The molecule has 2 unspecified atom stereocenters. The first-order valence-electron chi connectivity index (χ1n) is 17.4. The zero-order chi connectivity index (χ0) is 35.0. The minimum absolute atomic E-state index is 0.0340. The van der Waals surface area contributed by atoms with Crippen LogP contribution in [0.2, 0.25) is 0 Å². The first kappa shape index (κ1) is 35.8. The molecule has 2 amide bonds. The van der Waals surface area contributed by atoms with E-state index in [-0.39, 0.29) is 23.8 Å². The summed E-state index contributed by atoms with van der Waals surface area (Å²) >= 11 is 3.86. The van der Waals surface area contributed by atoms with Gasteiger partial charge in [-0.05, 0) is 77.0 Å². The predicted molar refractivity (Wildman–Crippen MR) is 195 cm³/mol. The third-order valence-corrected chi connectivity index (χ3v) is 10.5. The summed E-state index contributed by atoms with van der Waals surface area (Å²) in [7, 11) is 1.66. The fourth-order valence-electron chi connectivity index (χ4n) is 6.65. The standard InChI is InChI=1S/C39H46BrN3O7/c1-26-22-42(19-17-41-38(44)28-8-9-28)37-32(26)15-12-30(36(37)40)25-50-35-23-43(39(45)46)18-16-33(35)27-10-13-31(14-11-27)49-21-5-20-48-24-29-6-3-4-7-34(29)47-2/h3-4,6-7,10-15,22,28,33,35H,5,8-9,16-21,23-25H2,1-2H3,(H,41,44)(H,45,46). The number of likely N-dealkylation sites (tertiary alicyclic amines) is 1. The highest BCUT2D eigenvalue weighted by atomic mass is 79.9. The van der Waals surface area contributed by atoms with Crippen LogP contribution in [-0.2, 0) is 34.0 Å². The van der Waals surface area contributed by atoms with Crippen LogP contribution < -0.4 is 14.8 Å². The Morgan fingerprint density at radius 1 is 0.980 bits per heavy atom. The van der Waals surface area contributed by atoms with Crippen LogP contribution in [0.3, 0.4) is 0 Å². The summed E-state index contributed by atoms with van der Waals surface area (Å²) in [5.41, 5.74) is 5.33. The van der Waals surface area contributed by atoms with Crippen molar-refractivity contribution in [3.05, 3.63) is 93.6 Å². The molecule has 11 heteroatoms. The number of hydrogen-bond donors (Lipinski definition) is 2. The number of methoxy groups -OCH3 is 1. The lowest BCUT2D eigenvalue weighted by atomic mass is 9.87. The predicted octanol–water partition coefficient (Wildman–Crippen LogP) is 7.29. The van der Waals surface area contributed by atoms with Gasteiger partial charge in [-0.25, -0.2) is 4.79 Å². The van der Waals surface area contributed by atoms with Gasteiger partial charge in [0.15, 0.2) is 0 Å². The molecular formula is C39H46BrN3O7. The number of nitrogens with zero attached hydrogens (tertiary/aromatic N) is 2. The van der Waals surface area contributed by atoms with Gasteiger partial charge in [-0.3, -0.25) is 4.79 Å². The van der Waals surface area contributed by atoms with Gasteiger partial charge in [0.1, 0.15) is 11.5 Å². The summed E-state index contributed by atoms with van der Waals surface area (Å²) in [6, 6.07) is 20.1. The number of aromatic nitrogens is 1. The maximum absolute atomic E-state index is 12.2. The Labute approximate surface area is 301 Å². The first-order chi connectivity index (χ1) is 24.3. The van der Waals surface area contributed by atoms with Gasteiger partial charge in [0.25, 0.3) is 0 Å². The number of halogens is 1. The number of aryl methyl sites for hydroxylation is 1. The molecule has 2 heterocycles. The normalized spacial score (nSPS) is 17.5. The zero-order valence-corrected chi connectivity index (χ0v) is 30.3. The first-order valence-corrected chi connectivity index (χ1v) is 18.2. The molecule has 1 saturated heterocycles. The Kier molecular flexibility index (Phi) is 12.0. The monoisotopic (exact) mass is 747 g/mol. The molecule has 1 aliphatic carbocycles. The maximum atomic E-state index is 12.2. The lowest BCUT2D eigenvalue weighted by Crippen LogP contribution is -2.46. The molecule has 2 N–H and O–H groups in total. The summed E-state index contributed by atoms with van der Waals surface area (Å²) in [5, 5.41) is 14.0. The molecular weight excluding hydrogens is 702 g/mol. The summed E-state index contributed by atoms with van der Waals surface area (Å²) < 4.78 is 26.9. The van der Waals surface area contributed by atoms with E-state index in [0.29, 0.717) is 59.0 Å². The van der Waals surface area contributed by atoms with Crippen LogP contribution in [-0.4, -0.2) is 72.6 Å². The second kappa shape index (κ2) is 16.8. The molecule has 6 rings (SSSR count). The third kappa shape index (κ3) is 8.80. The van der Waals surface area contributed by atoms with Crippen LogP contribution in [0.15, 0.2) is 71.3 Å². The highest BCUT2D eigenvalue weighted by Crippen LogP contribution is 2.35. The highest BCUT2D eigenvalue weighted by Gasteiger charge is 2.33. The van der Waals surface area contributed by atoms with Crippen LogP contribution >= 0.6 is 15.9 Å². The van der Waals surface area contributed by atoms with Crippen molar-refractivity contribution in [3.63, 3.8) is 0 Å². The fraction of sp³-hybridized carbons (Fsp3) is 0.436.